The maximum Gasteiger partial charge on any atom is 0.231 e. The van der Waals surface area contributed by atoms with E-state index < -0.39 is 0 Å². The highest BCUT2D eigenvalue weighted by Gasteiger charge is 2.24. The fourth-order valence-electron chi connectivity index (χ4n) is 2.42. The lowest BCUT2D eigenvalue weighted by atomic mass is 10.00. The molecule has 0 aliphatic carbocycles. The smallest absolute Gasteiger partial charge is 0.231 e. The minimum absolute atomic E-state index is 0.0420. The number of benzene rings is 1. The van der Waals surface area contributed by atoms with Gasteiger partial charge in [0.1, 0.15) is 0 Å². The third kappa shape index (κ3) is 3.14. The Morgan fingerprint density at radius 1 is 1.42 bits per heavy atom. The molecule has 0 atom stereocenters. The number of hydrogen-bond acceptors (Lipinski definition) is 3. The van der Waals surface area contributed by atoms with Crippen molar-refractivity contribution in [3.63, 3.8) is 0 Å². The fourth-order valence-corrected chi connectivity index (χ4v) is 2.42. The molecular formula is C15H23N3O. The number of rotatable bonds is 5. The zero-order valence-electron chi connectivity index (χ0n) is 12.0. The summed E-state index contributed by atoms with van der Waals surface area (Å²) >= 11 is 0. The van der Waals surface area contributed by atoms with Gasteiger partial charge in [0.2, 0.25) is 5.91 Å². The van der Waals surface area contributed by atoms with E-state index in [0.717, 1.165) is 24.2 Å². The molecule has 1 aromatic carbocycles. The normalized spacial score (nSPS) is 14.9. The molecule has 0 saturated heterocycles. The zero-order chi connectivity index (χ0) is 14.0. The molecule has 1 aliphatic rings. The number of anilines is 1. The van der Waals surface area contributed by atoms with E-state index in [1.807, 2.05) is 13.1 Å². The maximum atomic E-state index is 11.6. The Morgan fingerprint density at radius 2 is 2.16 bits per heavy atom. The summed E-state index contributed by atoms with van der Waals surface area (Å²) in [5.41, 5.74) is 9.03. The SMILES string of the molecule is CN1C(=O)Cc2cc(CNC(C)(C)CCN)ccc21. The molecule has 104 valence electrons. The summed E-state index contributed by atoms with van der Waals surface area (Å²) in [7, 11) is 1.83. The number of likely N-dealkylation sites (N-methyl/N-ethyl adjacent to an activating group) is 1. The number of carbonyl (C=O) groups is 1. The van der Waals surface area contributed by atoms with E-state index >= 15 is 0 Å². The van der Waals surface area contributed by atoms with Gasteiger partial charge in [0.25, 0.3) is 0 Å². The van der Waals surface area contributed by atoms with E-state index in [0.29, 0.717) is 13.0 Å². The van der Waals surface area contributed by atoms with E-state index in [2.05, 4.69) is 31.3 Å². The Balaban J connectivity index is 2.04. The quantitative estimate of drug-likeness (QED) is 0.843. The first-order valence-electron chi connectivity index (χ1n) is 6.76. The van der Waals surface area contributed by atoms with Gasteiger partial charge in [0, 0.05) is 24.8 Å². The third-order valence-corrected chi connectivity index (χ3v) is 3.76. The first kappa shape index (κ1) is 14.0. The van der Waals surface area contributed by atoms with Gasteiger partial charge < -0.3 is 16.0 Å². The first-order chi connectivity index (χ1) is 8.93. The van der Waals surface area contributed by atoms with E-state index in [1.54, 1.807) is 4.90 Å². The van der Waals surface area contributed by atoms with Gasteiger partial charge in [-0.1, -0.05) is 12.1 Å². The fraction of sp³-hybridized carbons (Fsp3) is 0.533. The van der Waals surface area contributed by atoms with Crippen molar-refractivity contribution < 1.29 is 4.79 Å². The second kappa shape index (κ2) is 5.31. The van der Waals surface area contributed by atoms with Crippen LogP contribution in [-0.4, -0.2) is 25.0 Å². The average Bonchev–Trinajstić information content (AvgIpc) is 2.62. The van der Waals surface area contributed by atoms with E-state index in [1.165, 1.54) is 5.56 Å². The maximum absolute atomic E-state index is 11.6. The van der Waals surface area contributed by atoms with Crippen LogP contribution in [0.2, 0.25) is 0 Å². The molecule has 0 saturated carbocycles. The van der Waals surface area contributed by atoms with E-state index in [9.17, 15) is 4.79 Å². The van der Waals surface area contributed by atoms with Gasteiger partial charge >= 0.3 is 0 Å². The average molecular weight is 261 g/mol. The summed E-state index contributed by atoms with van der Waals surface area (Å²) in [5, 5.41) is 3.51. The third-order valence-electron chi connectivity index (χ3n) is 3.76. The number of carbonyl (C=O) groups excluding carboxylic acids is 1. The molecule has 0 aromatic heterocycles. The molecule has 1 aliphatic heterocycles. The van der Waals surface area contributed by atoms with Crippen molar-refractivity contribution >= 4 is 11.6 Å². The van der Waals surface area contributed by atoms with Gasteiger partial charge in [-0.05, 0) is 44.0 Å². The van der Waals surface area contributed by atoms with Crippen LogP contribution in [-0.2, 0) is 17.8 Å². The molecule has 0 spiro atoms. The van der Waals surface area contributed by atoms with Crippen molar-refractivity contribution in [2.75, 3.05) is 18.5 Å². The lowest BCUT2D eigenvalue weighted by Gasteiger charge is -2.26. The van der Waals surface area contributed by atoms with Gasteiger partial charge in [-0.2, -0.15) is 0 Å². The van der Waals surface area contributed by atoms with Crippen LogP contribution in [0.4, 0.5) is 5.69 Å². The number of nitrogens with two attached hydrogens (primary N) is 1. The van der Waals surface area contributed by atoms with Gasteiger partial charge in [0.05, 0.1) is 6.42 Å². The van der Waals surface area contributed by atoms with Crippen LogP contribution in [0.5, 0.6) is 0 Å². The number of nitrogens with zero attached hydrogens (tertiary/aromatic N) is 1. The second-order valence-electron chi connectivity index (χ2n) is 5.87. The Morgan fingerprint density at radius 3 is 2.84 bits per heavy atom. The highest BCUT2D eigenvalue weighted by Crippen LogP contribution is 2.28. The van der Waals surface area contributed by atoms with Crippen molar-refractivity contribution in [2.24, 2.45) is 5.73 Å². The van der Waals surface area contributed by atoms with Crippen LogP contribution in [0, 0.1) is 0 Å². The zero-order valence-corrected chi connectivity index (χ0v) is 12.0. The van der Waals surface area contributed by atoms with Crippen molar-refractivity contribution in [1.29, 1.82) is 0 Å². The molecule has 3 N–H and O–H groups in total. The van der Waals surface area contributed by atoms with Gasteiger partial charge in [-0.15, -0.1) is 0 Å². The highest BCUT2D eigenvalue weighted by atomic mass is 16.2. The summed E-state index contributed by atoms with van der Waals surface area (Å²) in [5.74, 6) is 0.170. The number of hydrogen-bond donors (Lipinski definition) is 2. The Hall–Kier alpha value is -1.39. The van der Waals surface area contributed by atoms with Crippen LogP contribution in [0.15, 0.2) is 18.2 Å². The molecular weight excluding hydrogens is 238 g/mol. The van der Waals surface area contributed by atoms with Crippen LogP contribution >= 0.6 is 0 Å². The number of amides is 1. The Bertz CT molecular complexity index is 482. The molecule has 0 fully saturated rings. The van der Waals surface area contributed by atoms with Crippen molar-refractivity contribution in [3.05, 3.63) is 29.3 Å². The summed E-state index contributed by atoms with van der Waals surface area (Å²) in [6, 6.07) is 6.24. The summed E-state index contributed by atoms with van der Waals surface area (Å²) < 4.78 is 0. The number of fused-ring (bicyclic) bond motifs is 1. The molecule has 4 nitrogen and oxygen atoms in total. The van der Waals surface area contributed by atoms with Crippen LogP contribution in [0.3, 0.4) is 0 Å². The predicted molar refractivity (Wildman–Crippen MR) is 78.1 cm³/mol. The molecule has 2 rings (SSSR count). The molecule has 0 unspecified atom stereocenters. The molecule has 1 amide bonds. The molecule has 1 aromatic rings. The van der Waals surface area contributed by atoms with Crippen molar-refractivity contribution in [1.82, 2.24) is 5.32 Å². The van der Waals surface area contributed by atoms with Crippen molar-refractivity contribution in [3.8, 4) is 0 Å². The Labute approximate surface area is 115 Å². The lowest BCUT2D eigenvalue weighted by Crippen LogP contribution is -2.40. The van der Waals surface area contributed by atoms with E-state index in [-0.39, 0.29) is 11.4 Å². The monoisotopic (exact) mass is 261 g/mol. The van der Waals surface area contributed by atoms with Gasteiger partial charge in [-0.3, -0.25) is 4.79 Å². The second-order valence-corrected chi connectivity index (χ2v) is 5.87. The minimum Gasteiger partial charge on any atom is -0.330 e. The minimum atomic E-state index is 0.0420. The molecule has 19 heavy (non-hydrogen) atoms. The summed E-state index contributed by atoms with van der Waals surface area (Å²) in [4.78, 5) is 13.4. The summed E-state index contributed by atoms with van der Waals surface area (Å²) in [6.45, 7) is 5.80. The largest absolute Gasteiger partial charge is 0.330 e. The molecule has 1 heterocycles. The standard InChI is InChI=1S/C15H23N3O/c1-15(2,6-7-16)17-10-11-4-5-13-12(8-11)9-14(19)18(13)3/h4-5,8,17H,6-7,9-10,16H2,1-3H3. The molecule has 0 bridgehead atoms. The van der Waals surface area contributed by atoms with E-state index in [4.69, 9.17) is 5.73 Å². The highest BCUT2D eigenvalue weighted by molar-refractivity contribution is 6.00. The Kier molecular flexibility index (Phi) is 3.92. The predicted octanol–water partition coefficient (Wildman–Crippen LogP) is 1.42. The summed E-state index contributed by atoms with van der Waals surface area (Å²) in [6.07, 6.45) is 1.46. The lowest BCUT2D eigenvalue weighted by molar-refractivity contribution is -0.117. The number of nitrogens with one attached hydrogen (secondary N) is 1. The van der Waals surface area contributed by atoms with Crippen molar-refractivity contribution in [2.45, 2.75) is 38.8 Å². The van der Waals surface area contributed by atoms with Gasteiger partial charge in [0.15, 0.2) is 0 Å². The topological polar surface area (TPSA) is 58.4 Å². The molecule has 0 radical (unpaired) electrons. The first-order valence-corrected chi connectivity index (χ1v) is 6.76. The van der Waals surface area contributed by atoms with Crippen LogP contribution in [0.25, 0.3) is 0 Å². The molecule has 4 heteroatoms. The van der Waals surface area contributed by atoms with Crippen LogP contribution in [0.1, 0.15) is 31.4 Å². The van der Waals surface area contributed by atoms with Gasteiger partial charge in [-0.25, -0.2) is 0 Å². The van der Waals surface area contributed by atoms with Crippen LogP contribution < -0.4 is 16.0 Å².